The van der Waals surface area contributed by atoms with Gasteiger partial charge in [-0.15, -0.1) is 0 Å². The fraction of sp³-hybridized carbons (Fsp3) is 0.385. The molecule has 0 spiro atoms. The third-order valence-electron chi connectivity index (χ3n) is 5.93. The second kappa shape index (κ2) is 9.29. The fourth-order valence-corrected chi connectivity index (χ4v) is 4.12. The van der Waals surface area contributed by atoms with Gasteiger partial charge in [0.25, 0.3) is 5.91 Å². The predicted octanol–water partition coefficient (Wildman–Crippen LogP) is 3.92. The van der Waals surface area contributed by atoms with Crippen LogP contribution in [0.2, 0.25) is 0 Å². The lowest BCUT2D eigenvalue weighted by molar-refractivity contribution is -0.123. The summed E-state index contributed by atoms with van der Waals surface area (Å²) in [5.74, 6) is 2.02. The van der Waals surface area contributed by atoms with E-state index in [-0.39, 0.29) is 24.7 Å². The minimum absolute atomic E-state index is 0.214. The number of rotatable bonds is 7. The number of hydrogen-bond acceptors (Lipinski definition) is 7. The number of amides is 1. The highest BCUT2D eigenvalue weighted by atomic mass is 16.5. The summed E-state index contributed by atoms with van der Waals surface area (Å²) in [6, 6.07) is 8.60. The van der Waals surface area contributed by atoms with Crippen LogP contribution in [0.4, 0.5) is 0 Å². The summed E-state index contributed by atoms with van der Waals surface area (Å²) < 4.78 is 28.2. The van der Waals surface area contributed by atoms with Gasteiger partial charge >= 0.3 is 5.63 Å². The maximum atomic E-state index is 12.6. The highest BCUT2D eigenvalue weighted by Crippen LogP contribution is 2.42. The average Bonchev–Trinajstić information content (AvgIpc) is 2.79. The molecule has 0 atom stereocenters. The molecule has 8 heteroatoms. The first-order valence-corrected chi connectivity index (χ1v) is 11.1. The third-order valence-corrected chi connectivity index (χ3v) is 5.93. The maximum Gasteiger partial charge on any atom is 0.336 e. The largest absolute Gasteiger partial charge is 0.497 e. The molecule has 34 heavy (non-hydrogen) atoms. The number of nitrogens with one attached hydrogen (secondary N) is 1. The molecular weight excluding hydrogens is 438 g/mol. The summed E-state index contributed by atoms with van der Waals surface area (Å²) in [6.07, 6.45) is 1.51. The molecule has 0 unspecified atom stereocenters. The van der Waals surface area contributed by atoms with E-state index >= 15 is 0 Å². The van der Waals surface area contributed by atoms with Crippen LogP contribution in [0.5, 0.6) is 23.0 Å². The van der Waals surface area contributed by atoms with Gasteiger partial charge in [0.15, 0.2) is 6.61 Å². The van der Waals surface area contributed by atoms with Crippen LogP contribution in [-0.2, 0) is 17.8 Å². The molecule has 1 aliphatic heterocycles. The Morgan fingerprint density at radius 3 is 2.65 bits per heavy atom. The van der Waals surface area contributed by atoms with E-state index in [1.807, 2.05) is 26.8 Å². The Morgan fingerprint density at radius 1 is 1.12 bits per heavy atom. The van der Waals surface area contributed by atoms with Crippen molar-refractivity contribution < 1.29 is 28.2 Å². The molecule has 0 saturated heterocycles. The quantitative estimate of drug-likeness (QED) is 0.526. The van der Waals surface area contributed by atoms with Crippen LogP contribution in [0.1, 0.15) is 37.0 Å². The molecule has 8 nitrogen and oxygen atoms in total. The van der Waals surface area contributed by atoms with E-state index in [9.17, 15) is 9.59 Å². The van der Waals surface area contributed by atoms with Crippen LogP contribution >= 0.6 is 0 Å². The second-order valence-corrected chi connectivity index (χ2v) is 8.91. The van der Waals surface area contributed by atoms with Crippen LogP contribution < -0.4 is 29.9 Å². The van der Waals surface area contributed by atoms with Gasteiger partial charge in [0.1, 0.15) is 34.2 Å². The van der Waals surface area contributed by atoms with Crippen LogP contribution in [0, 0.1) is 6.92 Å². The lowest BCUT2D eigenvalue weighted by Crippen LogP contribution is -2.33. The molecule has 0 bridgehead atoms. The Labute approximate surface area is 197 Å². The lowest BCUT2D eigenvalue weighted by Gasteiger charge is -2.33. The molecule has 2 aromatic carbocycles. The SMILES string of the molecule is COc1ccc(CNC(=O)COc2cc3c(c4oc(=O)cc(C)c24)CCC(C)(C)O3)c(OC)c1. The number of fused-ring (bicyclic) bond motifs is 3. The van der Waals surface area contributed by atoms with Crippen molar-refractivity contribution in [3.63, 3.8) is 0 Å². The summed E-state index contributed by atoms with van der Waals surface area (Å²) in [5.41, 5.74) is 2.05. The number of carbonyl (C=O) groups is 1. The van der Waals surface area contributed by atoms with Crippen LogP contribution in [0.3, 0.4) is 0 Å². The molecule has 0 fully saturated rings. The Bertz CT molecular complexity index is 1290. The first-order valence-electron chi connectivity index (χ1n) is 11.1. The van der Waals surface area contributed by atoms with E-state index in [0.29, 0.717) is 34.0 Å². The Hall–Kier alpha value is -3.68. The van der Waals surface area contributed by atoms with E-state index in [1.165, 1.54) is 6.07 Å². The van der Waals surface area contributed by atoms with E-state index < -0.39 is 5.63 Å². The third kappa shape index (κ3) is 4.81. The molecule has 2 heterocycles. The second-order valence-electron chi connectivity index (χ2n) is 8.91. The first kappa shape index (κ1) is 23.5. The van der Waals surface area contributed by atoms with Gasteiger partial charge < -0.3 is 28.7 Å². The average molecular weight is 468 g/mol. The summed E-state index contributed by atoms with van der Waals surface area (Å²) in [7, 11) is 3.14. The lowest BCUT2D eigenvalue weighted by atomic mass is 9.92. The van der Waals surface area contributed by atoms with Crippen molar-refractivity contribution in [3.05, 3.63) is 57.4 Å². The molecule has 180 valence electrons. The standard InChI is InChI=1S/C26H29NO7/c1-15-10-23(29)33-25-18-8-9-26(2,3)34-20(18)12-21(24(15)25)32-14-22(28)27-13-16-6-7-17(30-4)11-19(16)31-5/h6-7,10-12H,8-9,13-14H2,1-5H3,(H,27,28). The molecule has 3 aromatic rings. The van der Waals surface area contributed by atoms with E-state index in [0.717, 1.165) is 29.5 Å². The normalized spacial score (nSPS) is 14.1. The van der Waals surface area contributed by atoms with Crippen molar-refractivity contribution in [3.8, 4) is 23.0 Å². The highest BCUT2D eigenvalue weighted by Gasteiger charge is 2.30. The van der Waals surface area contributed by atoms with Gasteiger partial charge in [-0.2, -0.15) is 0 Å². The molecule has 1 N–H and O–H groups in total. The first-order chi connectivity index (χ1) is 16.2. The minimum atomic E-state index is -0.430. The van der Waals surface area contributed by atoms with Crippen molar-refractivity contribution >= 4 is 16.9 Å². The monoisotopic (exact) mass is 467 g/mol. The van der Waals surface area contributed by atoms with Crippen molar-refractivity contribution in [2.45, 2.75) is 45.8 Å². The summed E-state index contributed by atoms with van der Waals surface area (Å²) in [6.45, 7) is 5.89. The zero-order valence-electron chi connectivity index (χ0n) is 20.1. The molecule has 0 saturated carbocycles. The van der Waals surface area contributed by atoms with E-state index in [1.54, 1.807) is 32.4 Å². The van der Waals surface area contributed by atoms with E-state index in [4.69, 9.17) is 23.4 Å². The number of carbonyl (C=O) groups excluding carboxylic acids is 1. The fourth-order valence-electron chi connectivity index (χ4n) is 4.12. The topological polar surface area (TPSA) is 96.2 Å². The number of methoxy groups -OCH3 is 2. The Kier molecular flexibility index (Phi) is 6.41. The summed E-state index contributed by atoms with van der Waals surface area (Å²) >= 11 is 0. The van der Waals surface area contributed by atoms with Crippen molar-refractivity contribution in [2.75, 3.05) is 20.8 Å². The van der Waals surface area contributed by atoms with Gasteiger partial charge in [-0.1, -0.05) is 0 Å². The smallest absolute Gasteiger partial charge is 0.336 e. The van der Waals surface area contributed by atoms with E-state index in [2.05, 4.69) is 5.32 Å². The number of ether oxygens (including phenoxy) is 4. The Balaban J connectivity index is 1.54. The van der Waals surface area contributed by atoms with Crippen LogP contribution in [0.15, 0.2) is 39.5 Å². The minimum Gasteiger partial charge on any atom is -0.497 e. The zero-order chi connectivity index (χ0) is 24.5. The maximum absolute atomic E-state index is 12.6. The highest BCUT2D eigenvalue weighted by molar-refractivity contribution is 5.91. The number of aryl methyl sites for hydroxylation is 2. The van der Waals surface area contributed by atoms with Gasteiger partial charge in [0.05, 0.1) is 19.6 Å². The molecule has 1 aliphatic rings. The number of benzene rings is 2. The van der Waals surface area contributed by atoms with Crippen LogP contribution in [-0.4, -0.2) is 32.3 Å². The molecule has 0 aliphatic carbocycles. The van der Waals surface area contributed by atoms with Crippen molar-refractivity contribution in [2.24, 2.45) is 0 Å². The molecule has 4 rings (SSSR count). The number of hydrogen-bond donors (Lipinski definition) is 1. The van der Waals surface area contributed by atoms with Gasteiger partial charge in [-0.05, 0) is 51.3 Å². The van der Waals surface area contributed by atoms with Gasteiger partial charge in [0.2, 0.25) is 0 Å². The Morgan fingerprint density at radius 2 is 1.91 bits per heavy atom. The van der Waals surface area contributed by atoms with Crippen LogP contribution in [0.25, 0.3) is 11.0 Å². The predicted molar refractivity (Wildman–Crippen MR) is 127 cm³/mol. The molecule has 1 aromatic heterocycles. The zero-order valence-corrected chi connectivity index (χ0v) is 20.1. The van der Waals surface area contributed by atoms with Crippen molar-refractivity contribution in [1.29, 1.82) is 0 Å². The van der Waals surface area contributed by atoms with Crippen molar-refractivity contribution in [1.82, 2.24) is 5.32 Å². The van der Waals surface area contributed by atoms with Gasteiger partial charge in [-0.25, -0.2) is 4.79 Å². The molecule has 1 amide bonds. The van der Waals surface area contributed by atoms with Gasteiger partial charge in [-0.3, -0.25) is 4.79 Å². The summed E-state index contributed by atoms with van der Waals surface area (Å²) in [5, 5.41) is 3.51. The summed E-state index contributed by atoms with van der Waals surface area (Å²) in [4.78, 5) is 24.6. The van der Waals surface area contributed by atoms with Gasteiger partial charge in [0, 0.05) is 35.9 Å². The molecular formula is C26H29NO7. The molecule has 0 radical (unpaired) electrons.